The van der Waals surface area contributed by atoms with Crippen LogP contribution in [0.3, 0.4) is 0 Å². The fraction of sp³-hybridized carbons (Fsp3) is 0.417. The van der Waals surface area contributed by atoms with Gasteiger partial charge in [-0.25, -0.2) is 13.1 Å². The van der Waals surface area contributed by atoms with Gasteiger partial charge in [0, 0.05) is 13.1 Å². The molecule has 1 aromatic carbocycles. The summed E-state index contributed by atoms with van der Waals surface area (Å²) in [7, 11) is -4.61. The fourth-order valence-corrected chi connectivity index (χ4v) is 1.86. The second-order valence-electron chi connectivity index (χ2n) is 4.03. The monoisotopic (exact) mass is 322 g/mol. The number of alkyl halides is 2. The number of nitrogens with one attached hydrogen (secondary N) is 2. The van der Waals surface area contributed by atoms with Crippen LogP contribution in [-0.2, 0) is 26.2 Å². The number of sulfonamides is 1. The Balaban J connectivity index is 2.12. The van der Waals surface area contributed by atoms with E-state index in [0.29, 0.717) is 0 Å². The van der Waals surface area contributed by atoms with Crippen LogP contribution in [0.15, 0.2) is 30.3 Å². The maximum atomic E-state index is 12.0. The molecular formula is C12H16F2N2O4S. The lowest BCUT2D eigenvalue weighted by molar-refractivity contribution is -0.126. The summed E-state index contributed by atoms with van der Waals surface area (Å²) in [6.07, 6.45) is 0. The minimum Gasteiger partial charge on any atom is -0.367 e. The predicted molar refractivity (Wildman–Crippen MR) is 72.0 cm³/mol. The molecule has 0 bridgehead atoms. The van der Waals surface area contributed by atoms with E-state index in [-0.39, 0.29) is 26.3 Å². The van der Waals surface area contributed by atoms with Gasteiger partial charge in [-0.2, -0.15) is 8.78 Å². The van der Waals surface area contributed by atoms with E-state index in [1.54, 1.807) is 4.72 Å². The normalized spacial score (nSPS) is 11.6. The number of halogens is 2. The van der Waals surface area contributed by atoms with Gasteiger partial charge in [-0.15, -0.1) is 0 Å². The highest BCUT2D eigenvalue weighted by Gasteiger charge is 2.22. The van der Waals surface area contributed by atoms with Crippen LogP contribution in [0.4, 0.5) is 8.78 Å². The van der Waals surface area contributed by atoms with E-state index < -0.39 is 21.7 Å². The second-order valence-corrected chi connectivity index (χ2v) is 5.76. The van der Waals surface area contributed by atoms with Gasteiger partial charge in [0.05, 0.1) is 6.61 Å². The van der Waals surface area contributed by atoms with E-state index in [4.69, 9.17) is 4.74 Å². The van der Waals surface area contributed by atoms with Crippen LogP contribution in [0, 0.1) is 0 Å². The molecule has 118 valence electrons. The van der Waals surface area contributed by atoms with Gasteiger partial charge in [0.25, 0.3) is 10.0 Å². The number of benzene rings is 1. The SMILES string of the molecule is O=C(COCc1ccccc1)NCCNS(=O)(=O)C(F)F. The van der Waals surface area contributed by atoms with Crippen LogP contribution in [0.1, 0.15) is 5.56 Å². The van der Waals surface area contributed by atoms with Crippen molar-refractivity contribution in [2.45, 2.75) is 12.4 Å². The molecule has 0 aromatic heterocycles. The Bertz CT molecular complexity index is 537. The van der Waals surface area contributed by atoms with Crippen molar-refractivity contribution < 1.29 is 26.7 Å². The molecule has 0 aliphatic heterocycles. The molecule has 0 unspecified atom stereocenters. The minimum absolute atomic E-state index is 0.0977. The lowest BCUT2D eigenvalue weighted by Crippen LogP contribution is -2.38. The molecular weight excluding hydrogens is 306 g/mol. The zero-order valence-corrected chi connectivity index (χ0v) is 11.9. The summed E-state index contributed by atoms with van der Waals surface area (Å²) in [5.74, 6) is -3.94. The van der Waals surface area contributed by atoms with Crippen LogP contribution in [0.5, 0.6) is 0 Å². The number of carbonyl (C=O) groups excluding carboxylic acids is 1. The van der Waals surface area contributed by atoms with Crippen LogP contribution in [0.2, 0.25) is 0 Å². The number of carbonyl (C=O) groups is 1. The zero-order valence-electron chi connectivity index (χ0n) is 11.1. The quantitative estimate of drug-likeness (QED) is 0.647. The molecule has 0 spiro atoms. The maximum Gasteiger partial charge on any atom is 0.350 e. The second kappa shape index (κ2) is 8.65. The van der Waals surface area contributed by atoms with Crippen LogP contribution >= 0.6 is 0 Å². The average Bonchev–Trinajstić information content (AvgIpc) is 2.44. The molecule has 0 saturated heterocycles. The maximum absolute atomic E-state index is 12.0. The predicted octanol–water partition coefficient (Wildman–Crippen LogP) is 0.461. The number of ether oxygens (including phenoxy) is 1. The molecule has 6 nitrogen and oxygen atoms in total. The van der Waals surface area contributed by atoms with Crippen LogP contribution in [-0.4, -0.2) is 39.8 Å². The van der Waals surface area contributed by atoms with Crippen molar-refractivity contribution in [1.82, 2.24) is 10.0 Å². The Hall–Kier alpha value is -1.58. The van der Waals surface area contributed by atoms with Crippen molar-refractivity contribution in [3.8, 4) is 0 Å². The van der Waals surface area contributed by atoms with Crippen molar-refractivity contribution in [2.24, 2.45) is 0 Å². The molecule has 0 radical (unpaired) electrons. The van der Waals surface area contributed by atoms with Gasteiger partial charge in [-0.3, -0.25) is 4.79 Å². The topological polar surface area (TPSA) is 84.5 Å². The van der Waals surface area contributed by atoms with E-state index in [9.17, 15) is 22.0 Å². The summed E-state index contributed by atoms with van der Waals surface area (Å²) in [6.45, 7) is -0.334. The summed E-state index contributed by atoms with van der Waals surface area (Å²) >= 11 is 0. The Morgan fingerprint density at radius 3 is 2.48 bits per heavy atom. The molecule has 0 atom stereocenters. The van der Waals surface area contributed by atoms with Gasteiger partial charge in [0.2, 0.25) is 5.91 Å². The van der Waals surface area contributed by atoms with Crippen molar-refractivity contribution in [1.29, 1.82) is 0 Å². The Labute approximate surface area is 121 Å². The first-order chi connectivity index (χ1) is 9.92. The average molecular weight is 322 g/mol. The zero-order chi connectivity index (χ0) is 15.7. The van der Waals surface area contributed by atoms with Crippen molar-refractivity contribution in [3.63, 3.8) is 0 Å². The lowest BCUT2D eigenvalue weighted by Gasteiger charge is -2.08. The highest BCUT2D eigenvalue weighted by Crippen LogP contribution is 2.01. The van der Waals surface area contributed by atoms with Crippen LogP contribution < -0.4 is 10.0 Å². The first kappa shape index (κ1) is 17.5. The van der Waals surface area contributed by atoms with Crippen molar-refractivity contribution in [3.05, 3.63) is 35.9 Å². The van der Waals surface area contributed by atoms with Crippen molar-refractivity contribution >= 4 is 15.9 Å². The molecule has 0 saturated carbocycles. The van der Waals surface area contributed by atoms with E-state index in [1.165, 1.54) is 0 Å². The largest absolute Gasteiger partial charge is 0.367 e. The number of hydrogen-bond acceptors (Lipinski definition) is 4. The van der Waals surface area contributed by atoms with Gasteiger partial charge >= 0.3 is 5.76 Å². The molecule has 1 aromatic rings. The van der Waals surface area contributed by atoms with Gasteiger partial charge in [0.1, 0.15) is 6.61 Å². The smallest absolute Gasteiger partial charge is 0.350 e. The number of rotatable bonds is 9. The van der Waals surface area contributed by atoms with Gasteiger partial charge in [-0.05, 0) is 5.56 Å². The highest BCUT2D eigenvalue weighted by atomic mass is 32.2. The summed E-state index contributed by atoms with van der Waals surface area (Å²) in [5.41, 5.74) is 0.912. The van der Waals surface area contributed by atoms with Crippen molar-refractivity contribution in [2.75, 3.05) is 19.7 Å². The summed E-state index contributed by atoms with van der Waals surface area (Å²) in [6, 6.07) is 9.23. The Morgan fingerprint density at radius 1 is 1.19 bits per heavy atom. The molecule has 21 heavy (non-hydrogen) atoms. The molecule has 0 aliphatic carbocycles. The van der Waals surface area contributed by atoms with Gasteiger partial charge in [-0.1, -0.05) is 30.3 Å². The standard InChI is InChI=1S/C12H16F2N2O4S/c13-12(14)21(18,19)16-7-6-15-11(17)9-20-8-10-4-2-1-3-5-10/h1-5,12,16H,6-9H2,(H,15,17). The lowest BCUT2D eigenvalue weighted by atomic mass is 10.2. The van der Waals surface area contributed by atoms with Crippen LogP contribution in [0.25, 0.3) is 0 Å². The van der Waals surface area contributed by atoms with Gasteiger partial charge in [0.15, 0.2) is 0 Å². The molecule has 9 heteroatoms. The van der Waals surface area contributed by atoms with E-state index in [0.717, 1.165) is 5.56 Å². The molecule has 2 N–H and O–H groups in total. The molecule has 0 heterocycles. The van der Waals surface area contributed by atoms with Gasteiger partial charge < -0.3 is 10.1 Å². The minimum atomic E-state index is -4.61. The Kier molecular flexibility index (Phi) is 7.20. The summed E-state index contributed by atoms with van der Waals surface area (Å²) in [4.78, 5) is 11.3. The molecule has 0 aliphatic rings. The number of amides is 1. The van der Waals surface area contributed by atoms with E-state index >= 15 is 0 Å². The molecule has 0 fully saturated rings. The third kappa shape index (κ3) is 7.11. The summed E-state index contributed by atoms with van der Waals surface area (Å²) in [5, 5.41) is 2.34. The number of hydrogen-bond donors (Lipinski definition) is 2. The summed E-state index contributed by atoms with van der Waals surface area (Å²) < 4.78 is 52.2. The first-order valence-corrected chi connectivity index (χ1v) is 7.61. The van der Waals surface area contributed by atoms with E-state index in [2.05, 4.69) is 5.32 Å². The fourth-order valence-electron chi connectivity index (χ4n) is 1.35. The highest BCUT2D eigenvalue weighted by molar-refractivity contribution is 7.89. The molecule has 1 amide bonds. The third-order valence-corrected chi connectivity index (χ3v) is 3.41. The Morgan fingerprint density at radius 2 is 1.86 bits per heavy atom. The van der Waals surface area contributed by atoms with E-state index in [1.807, 2.05) is 30.3 Å². The third-order valence-electron chi connectivity index (χ3n) is 2.33. The first-order valence-electron chi connectivity index (χ1n) is 6.07. The molecule has 1 rings (SSSR count).